The first-order valence-electron chi connectivity index (χ1n) is 7.42. The smallest absolute Gasteiger partial charge is 0.335 e. The Morgan fingerprint density at radius 1 is 1.17 bits per heavy atom. The molecule has 0 fully saturated rings. The Balaban J connectivity index is 1.78. The van der Waals surface area contributed by atoms with Gasteiger partial charge in [0.05, 0.1) is 11.3 Å². The predicted octanol–water partition coefficient (Wildman–Crippen LogP) is 3.16. The zero-order chi connectivity index (χ0) is 16.9. The third kappa shape index (κ3) is 3.55. The number of aromatic nitrogens is 3. The number of pyridine rings is 1. The highest BCUT2D eigenvalue weighted by atomic mass is 16.4. The number of rotatable bonds is 5. The average molecular weight is 320 g/mol. The van der Waals surface area contributed by atoms with Crippen LogP contribution in [0.25, 0.3) is 11.4 Å². The summed E-state index contributed by atoms with van der Waals surface area (Å²) in [7, 11) is 0. The summed E-state index contributed by atoms with van der Waals surface area (Å²) in [6.07, 6.45) is 6.78. The highest BCUT2D eigenvalue weighted by Gasteiger charge is 2.07. The molecule has 0 aliphatic rings. The SMILES string of the molecule is Cc1ccc(C(=O)O)cc1CNc1cncc(-c2ncccn2)c1. The van der Waals surface area contributed by atoms with Gasteiger partial charge in [-0.2, -0.15) is 0 Å². The standard InChI is InChI=1S/C18H16N4O2/c1-12-3-4-13(18(23)24)7-14(12)10-22-16-8-15(9-19-11-16)17-20-5-2-6-21-17/h2-9,11,22H,10H2,1H3,(H,23,24). The summed E-state index contributed by atoms with van der Waals surface area (Å²) in [5.41, 5.74) is 3.87. The molecule has 3 rings (SSSR count). The van der Waals surface area contributed by atoms with Gasteiger partial charge in [0.25, 0.3) is 0 Å². The van der Waals surface area contributed by atoms with Crippen LogP contribution in [0.3, 0.4) is 0 Å². The molecular formula is C18H16N4O2. The molecule has 0 aliphatic carbocycles. The molecule has 0 unspecified atom stereocenters. The lowest BCUT2D eigenvalue weighted by atomic mass is 10.0. The summed E-state index contributed by atoms with van der Waals surface area (Å²) in [6.45, 7) is 2.46. The number of aryl methyl sites for hydroxylation is 1. The van der Waals surface area contributed by atoms with E-state index in [1.807, 2.05) is 19.1 Å². The minimum atomic E-state index is -0.929. The van der Waals surface area contributed by atoms with Crippen molar-refractivity contribution in [1.29, 1.82) is 0 Å². The summed E-state index contributed by atoms with van der Waals surface area (Å²) in [5, 5.41) is 12.4. The highest BCUT2D eigenvalue weighted by Crippen LogP contribution is 2.19. The number of carboxylic acids is 1. The van der Waals surface area contributed by atoms with Crippen molar-refractivity contribution in [1.82, 2.24) is 15.0 Å². The fourth-order valence-corrected chi connectivity index (χ4v) is 2.30. The second kappa shape index (κ2) is 6.87. The Labute approximate surface area is 139 Å². The Bertz CT molecular complexity index is 866. The van der Waals surface area contributed by atoms with E-state index >= 15 is 0 Å². The zero-order valence-electron chi connectivity index (χ0n) is 13.1. The third-order valence-corrected chi connectivity index (χ3v) is 3.64. The van der Waals surface area contributed by atoms with Gasteiger partial charge in [-0.05, 0) is 42.3 Å². The molecule has 2 N–H and O–H groups in total. The van der Waals surface area contributed by atoms with E-state index in [2.05, 4.69) is 20.3 Å². The maximum absolute atomic E-state index is 11.1. The van der Waals surface area contributed by atoms with Crippen molar-refractivity contribution in [3.05, 3.63) is 71.8 Å². The number of aromatic carboxylic acids is 1. The van der Waals surface area contributed by atoms with E-state index in [9.17, 15) is 4.79 Å². The Morgan fingerprint density at radius 2 is 1.96 bits per heavy atom. The van der Waals surface area contributed by atoms with Crippen LogP contribution in [0.1, 0.15) is 21.5 Å². The molecule has 6 heteroatoms. The van der Waals surface area contributed by atoms with Gasteiger partial charge in [0.2, 0.25) is 0 Å². The molecule has 2 aromatic heterocycles. The summed E-state index contributed by atoms with van der Waals surface area (Å²) in [5.74, 6) is -0.321. The van der Waals surface area contributed by atoms with Crippen molar-refractivity contribution in [2.24, 2.45) is 0 Å². The lowest BCUT2D eigenvalue weighted by molar-refractivity contribution is 0.0697. The fourth-order valence-electron chi connectivity index (χ4n) is 2.30. The number of anilines is 1. The first-order chi connectivity index (χ1) is 11.6. The van der Waals surface area contributed by atoms with Crippen molar-refractivity contribution in [3.8, 4) is 11.4 Å². The fraction of sp³-hybridized carbons (Fsp3) is 0.111. The number of hydrogen-bond donors (Lipinski definition) is 2. The summed E-state index contributed by atoms with van der Waals surface area (Å²) < 4.78 is 0. The number of nitrogens with one attached hydrogen (secondary N) is 1. The molecule has 0 bridgehead atoms. The van der Waals surface area contributed by atoms with Gasteiger partial charge in [-0.25, -0.2) is 14.8 Å². The number of hydrogen-bond acceptors (Lipinski definition) is 5. The number of carbonyl (C=O) groups is 1. The van der Waals surface area contributed by atoms with Crippen LogP contribution in [-0.4, -0.2) is 26.0 Å². The monoisotopic (exact) mass is 320 g/mol. The van der Waals surface area contributed by atoms with Crippen LogP contribution in [0.2, 0.25) is 0 Å². The minimum absolute atomic E-state index is 0.280. The molecule has 0 radical (unpaired) electrons. The van der Waals surface area contributed by atoms with E-state index < -0.39 is 5.97 Å². The maximum atomic E-state index is 11.1. The van der Waals surface area contributed by atoms with E-state index in [1.165, 1.54) is 0 Å². The highest BCUT2D eigenvalue weighted by molar-refractivity contribution is 5.87. The molecule has 0 atom stereocenters. The van der Waals surface area contributed by atoms with Gasteiger partial charge >= 0.3 is 5.97 Å². The van der Waals surface area contributed by atoms with Gasteiger partial charge in [0, 0.05) is 36.9 Å². The van der Waals surface area contributed by atoms with Crippen LogP contribution in [0, 0.1) is 6.92 Å². The topological polar surface area (TPSA) is 88.0 Å². The zero-order valence-corrected chi connectivity index (χ0v) is 13.1. The minimum Gasteiger partial charge on any atom is -0.478 e. The van der Waals surface area contributed by atoms with Gasteiger partial charge in [-0.15, -0.1) is 0 Å². The van der Waals surface area contributed by atoms with Crippen molar-refractivity contribution < 1.29 is 9.90 Å². The Hall–Kier alpha value is -3.28. The molecule has 24 heavy (non-hydrogen) atoms. The number of carboxylic acid groups (broad SMARTS) is 1. The van der Waals surface area contributed by atoms with Crippen molar-refractivity contribution >= 4 is 11.7 Å². The summed E-state index contributed by atoms with van der Waals surface area (Å²) in [6, 6.07) is 8.78. The third-order valence-electron chi connectivity index (χ3n) is 3.64. The maximum Gasteiger partial charge on any atom is 0.335 e. The normalized spacial score (nSPS) is 10.4. The van der Waals surface area contributed by atoms with Crippen LogP contribution in [0.5, 0.6) is 0 Å². The summed E-state index contributed by atoms with van der Waals surface area (Å²) in [4.78, 5) is 23.7. The molecule has 6 nitrogen and oxygen atoms in total. The lowest BCUT2D eigenvalue weighted by Gasteiger charge is -2.10. The largest absolute Gasteiger partial charge is 0.478 e. The molecule has 0 amide bonds. The predicted molar refractivity (Wildman–Crippen MR) is 90.7 cm³/mol. The average Bonchev–Trinajstić information content (AvgIpc) is 2.62. The van der Waals surface area contributed by atoms with Gasteiger partial charge in [-0.1, -0.05) is 6.07 Å². The van der Waals surface area contributed by atoms with E-state index in [0.717, 1.165) is 22.4 Å². The molecule has 0 saturated heterocycles. The van der Waals surface area contributed by atoms with Crippen molar-refractivity contribution in [2.45, 2.75) is 13.5 Å². The second-order valence-corrected chi connectivity index (χ2v) is 5.33. The van der Waals surface area contributed by atoms with Crippen LogP contribution < -0.4 is 5.32 Å². The van der Waals surface area contributed by atoms with Crippen LogP contribution in [0.15, 0.2) is 55.1 Å². The van der Waals surface area contributed by atoms with Gasteiger partial charge in [0.1, 0.15) is 0 Å². The van der Waals surface area contributed by atoms with E-state index in [1.54, 1.807) is 43.0 Å². The number of nitrogens with zero attached hydrogens (tertiary/aromatic N) is 3. The molecule has 120 valence electrons. The van der Waals surface area contributed by atoms with E-state index in [0.29, 0.717) is 12.4 Å². The quantitative estimate of drug-likeness (QED) is 0.751. The first kappa shape index (κ1) is 15.6. The Kier molecular flexibility index (Phi) is 4.47. The van der Waals surface area contributed by atoms with Gasteiger partial charge in [0.15, 0.2) is 5.82 Å². The van der Waals surface area contributed by atoms with Crippen LogP contribution >= 0.6 is 0 Å². The molecule has 0 spiro atoms. The molecular weight excluding hydrogens is 304 g/mol. The second-order valence-electron chi connectivity index (χ2n) is 5.33. The van der Waals surface area contributed by atoms with Crippen LogP contribution in [-0.2, 0) is 6.54 Å². The molecule has 3 aromatic rings. The lowest BCUT2D eigenvalue weighted by Crippen LogP contribution is -2.05. The van der Waals surface area contributed by atoms with Gasteiger partial charge < -0.3 is 10.4 Å². The number of benzene rings is 1. The first-order valence-corrected chi connectivity index (χ1v) is 7.42. The Morgan fingerprint density at radius 3 is 2.71 bits per heavy atom. The van der Waals surface area contributed by atoms with Crippen molar-refractivity contribution in [3.63, 3.8) is 0 Å². The molecule has 1 aromatic carbocycles. The van der Waals surface area contributed by atoms with E-state index in [4.69, 9.17) is 5.11 Å². The van der Waals surface area contributed by atoms with Crippen LogP contribution in [0.4, 0.5) is 5.69 Å². The van der Waals surface area contributed by atoms with E-state index in [-0.39, 0.29) is 5.56 Å². The van der Waals surface area contributed by atoms with Gasteiger partial charge in [-0.3, -0.25) is 4.98 Å². The molecule has 0 saturated carbocycles. The molecule has 0 aliphatic heterocycles. The molecule has 2 heterocycles. The van der Waals surface area contributed by atoms with Crippen molar-refractivity contribution in [2.75, 3.05) is 5.32 Å². The summed E-state index contributed by atoms with van der Waals surface area (Å²) >= 11 is 0.